The quantitative estimate of drug-likeness (QED) is 0.200. The molecule has 3 atom stereocenters. The van der Waals surface area contributed by atoms with E-state index in [1.165, 1.54) is 17.5 Å². The van der Waals surface area contributed by atoms with Gasteiger partial charge in [-0.05, 0) is 81.2 Å². The van der Waals surface area contributed by atoms with Crippen molar-refractivity contribution < 1.29 is 9.90 Å². The number of aromatic nitrogens is 1. The van der Waals surface area contributed by atoms with Crippen LogP contribution < -0.4 is 14.9 Å². The first kappa shape index (κ1) is 31.5. The van der Waals surface area contributed by atoms with Gasteiger partial charge in [0.2, 0.25) is 0 Å². The molecule has 6 nitrogen and oxygen atoms in total. The molecule has 3 aromatic rings. The Bertz CT molecular complexity index is 1300. The van der Waals surface area contributed by atoms with E-state index in [0.29, 0.717) is 29.7 Å². The number of carbonyl (C=O) groups is 1. The van der Waals surface area contributed by atoms with Crippen LogP contribution in [0.25, 0.3) is 10.9 Å². The molecule has 1 unspecified atom stereocenters. The van der Waals surface area contributed by atoms with Crippen LogP contribution in [0.4, 0.5) is 5.69 Å². The highest BCUT2D eigenvalue weighted by Crippen LogP contribution is 2.39. The highest BCUT2D eigenvalue weighted by Gasteiger charge is 2.28. The first-order valence-corrected chi connectivity index (χ1v) is 16.1. The summed E-state index contributed by atoms with van der Waals surface area (Å²) in [5.41, 5.74) is 5.15. The smallest absolute Gasteiger partial charge is 0.251 e. The van der Waals surface area contributed by atoms with Gasteiger partial charge in [0.15, 0.2) is 0 Å². The van der Waals surface area contributed by atoms with Crippen LogP contribution in [0.1, 0.15) is 82.3 Å². The number of benzene rings is 2. The summed E-state index contributed by atoms with van der Waals surface area (Å²) < 4.78 is 4.55. The lowest BCUT2D eigenvalue weighted by atomic mass is 9.93. The van der Waals surface area contributed by atoms with E-state index in [1.54, 1.807) is 11.9 Å². The van der Waals surface area contributed by atoms with Crippen LogP contribution in [0.5, 0.6) is 0 Å². The molecule has 0 fully saturated rings. The fourth-order valence-corrected chi connectivity index (χ4v) is 6.91. The molecule has 2 heterocycles. The van der Waals surface area contributed by atoms with E-state index in [-0.39, 0.29) is 11.4 Å². The second-order valence-electron chi connectivity index (χ2n) is 12.9. The number of carbonyl (C=O) groups excluding carboxylic acids is 1. The third kappa shape index (κ3) is 8.08. The van der Waals surface area contributed by atoms with Crippen molar-refractivity contribution in [2.45, 2.75) is 103 Å². The molecule has 1 aliphatic rings. The average Bonchev–Trinajstić information content (AvgIpc) is 3.21. The van der Waals surface area contributed by atoms with Crippen LogP contribution in [-0.4, -0.2) is 52.1 Å². The maximum Gasteiger partial charge on any atom is 0.251 e. The van der Waals surface area contributed by atoms with E-state index < -0.39 is 12.1 Å². The zero-order valence-corrected chi connectivity index (χ0v) is 26.9. The molecule has 0 saturated heterocycles. The lowest BCUT2D eigenvalue weighted by Crippen LogP contribution is -2.52. The SMILES string of the molecule is CCc1cn2c3c(cc(C(=O)N[C@@H](Cc4ccccc4)[C@H](O)CNC(C)(C)CCCC(C)C)cc13)N(C)SC(C)C2. The number of hydrogen-bond acceptors (Lipinski definition) is 5. The number of β-amino-alcohol motifs (C(OH)–C–C–N with tert-alkyl or cyclic N) is 1. The summed E-state index contributed by atoms with van der Waals surface area (Å²) in [4.78, 5) is 13.9. The van der Waals surface area contributed by atoms with Gasteiger partial charge in [-0.25, -0.2) is 0 Å². The molecule has 0 saturated carbocycles. The highest BCUT2D eigenvalue weighted by atomic mass is 32.2. The molecular weight excluding hydrogens is 528 g/mol. The molecule has 2 aromatic carbocycles. The van der Waals surface area contributed by atoms with Crippen LogP contribution >= 0.6 is 11.9 Å². The molecule has 0 aliphatic carbocycles. The standard InChI is InChI=1S/C34H50N4O2S/c1-8-26-22-38-21-24(4)41-37(7)30-19-27(18-28(26)32(30)38)33(40)36-29(17-25-14-10-9-11-15-25)31(39)20-35-34(5,6)16-12-13-23(2)3/h9-11,14-15,18-19,22-24,29,31,35,39H,8,12-13,16-17,20-21H2,1-7H3,(H,36,40)/t24?,29-,31+/m0/s1. The van der Waals surface area contributed by atoms with Gasteiger partial charge in [-0.1, -0.05) is 63.9 Å². The van der Waals surface area contributed by atoms with Gasteiger partial charge in [-0.2, -0.15) is 0 Å². The monoisotopic (exact) mass is 578 g/mol. The molecule has 0 spiro atoms. The first-order valence-electron chi connectivity index (χ1n) is 15.3. The van der Waals surface area contributed by atoms with Gasteiger partial charge in [-0.3, -0.25) is 4.79 Å². The Balaban J connectivity index is 1.57. The largest absolute Gasteiger partial charge is 0.390 e. The Labute approximate surface area is 251 Å². The average molecular weight is 579 g/mol. The summed E-state index contributed by atoms with van der Waals surface area (Å²) in [7, 11) is 2.09. The van der Waals surface area contributed by atoms with E-state index in [0.717, 1.165) is 42.4 Å². The number of anilines is 1. The number of aryl methyl sites for hydroxylation is 1. The van der Waals surface area contributed by atoms with Crippen molar-refractivity contribution in [3.05, 3.63) is 65.4 Å². The maximum absolute atomic E-state index is 13.9. The van der Waals surface area contributed by atoms with Gasteiger partial charge in [0.05, 0.1) is 23.3 Å². The molecule has 3 N–H and O–H groups in total. The van der Waals surface area contributed by atoms with Crippen LogP contribution in [0.2, 0.25) is 0 Å². The van der Waals surface area contributed by atoms with Gasteiger partial charge in [-0.15, -0.1) is 0 Å². The highest BCUT2D eigenvalue weighted by molar-refractivity contribution is 8.01. The fraction of sp³-hybridized carbons (Fsp3) is 0.559. The van der Waals surface area contributed by atoms with Crippen LogP contribution in [-0.2, 0) is 19.4 Å². The minimum Gasteiger partial charge on any atom is -0.390 e. The van der Waals surface area contributed by atoms with Crippen LogP contribution in [0.15, 0.2) is 48.7 Å². The lowest BCUT2D eigenvalue weighted by molar-refractivity contribution is 0.0812. The molecule has 4 rings (SSSR count). The summed E-state index contributed by atoms with van der Waals surface area (Å²) in [6.07, 6.45) is 6.37. The van der Waals surface area contributed by atoms with Gasteiger partial charge < -0.3 is 24.6 Å². The molecule has 224 valence electrons. The topological polar surface area (TPSA) is 69.5 Å². The Kier molecular flexibility index (Phi) is 10.5. The molecular formula is C34H50N4O2S. The van der Waals surface area contributed by atoms with Crippen molar-refractivity contribution in [3.63, 3.8) is 0 Å². The zero-order valence-electron chi connectivity index (χ0n) is 26.0. The van der Waals surface area contributed by atoms with Crippen molar-refractivity contribution >= 4 is 34.4 Å². The van der Waals surface area contributed by atoms with Crippen molar-refractivity contribution in [1.82, 2.24) is 15.2 Å². The molecule has 1 aromatic heterocycles. The molecule has 41 heavy (non-hydrogen) atoms. The second kappa shape index (κ2) is 13.7. The number of nitrogens with zero attached hydrogens (tertiary/aromatic N) is 2. The van der Waals surface area contributed by atoms with Gasteiger partial charge >= 0.3 is 0 Å². The maximum atomic E-state index is 13.9. The summed E-state index contributed by atoms with van der Waals surface area (Å²) in [5.74, 6) is 0.540. The minimum atomic E-state index is -0.736. The third-order valence-corrected chi connectivity index (χ3v) is 9.28. The molecule has 1 amide bonds. The molecule has 0 bridgehead atoms. The van der Waals surface area contributed by atoms with Crippen molar-refractivity contribution in [3.8, 4) is 0 Å². The van der Waals surface area contributed by atoms with Gasteiger partial charge in [0.25, 0.3) is 5.91 Å². The Hall–Kier alpha value is -2.48. The van der Waals surface area contributed by atoms with Gasteiger partial charge in [0, 0.05) is 48.1 Å². The van der Waals surface area contributed by atoms with Crippen molar-refractivity contribution in [1.29, 1.82) is 0 Å². The Morgan fingerprint density at radius 3 is 2.61 bits per heavy atom. The van der Waals surface area contributed by atoms with E-state index >= 15 is 0 Å². The number of amides is 1. The van der Waals surface area contributed by atoms with Crippen LogP contribution in [0.3, 0.4) is 0 Å². The van der Waals surface area contributed by atoms with E-state index in [9.17, 15) is 9.90 Å². The summed E-state index contributed by atoms with van der Waals surface area (Å²) in [6, 6.07) is 13.7. The van der Waals surface area contributed by atoms with Crippen LogP contribution in [0, 0.1) is 5.92 Å². The van der Waals surface area contributed by atoms with Gasteiger partial charge in [0.1, 0.15) is 0 Å². The number of rotatable bonds is 13. The number of nitrogens with one attached hydrogen (secondary N) is 2. The van der Waals surface area contributed by atoms with E-state index in [4.69, 9.17) is 0 Å². The first-order chi connectivity index (χ1) is 19.5. The Morgan fingerprint density at radius 2 is 1.93 bits per heavy atom. The molecule has 7 heteroatoms. The summed E-state index contributed by atoms with van der Waals surface area (Å²) >= 11 is 1.80. The van der Waals surface area contributed by atoms with Crippen molar-refractivity contribution in [2.24, 2.45) is 5.92 Å². The number of aliphatic hydroxyl groups is 1. The molecule has 1 aliphatic heterocycles. The fourth-order valence-electron chi connectivity index (χ4n) is 5.89. The Morgan fingerprint density at radius 1 is 1.20 bits per heavy atom. The molecule has 0 radical (unpaired) electrons. The third-order valence-electron chi connectivity index (χ3n) is 8.26. The predicted octanol–water partition coefficient (Wildman–Crippen LogP) is 6.59. The van der Waals surface area contributed by atoms with E-state index in [1.807, 2.05) is 30.3 Å². The second-order valence-corrected chi connectivity index (χ2v) is 14.4. The number of hydrogen-bond donors (Lipinski definition) is 3. The lowest BCUT2D eigenvalue weighted by Gasteiger charge is -2.31. The summed E-state index contributed by atoms with van der Waals surface area (Å²) in [5, 5.41) is 19.8. The number of aliphatic hydroxyl groups excluding tert-OH is 1. The minimum absolute atomic E-state index is 0.0908. The van der Waals surface area contributed by atoms with Crippen molar-refractivity contribution in [2.75, 3.05) is 17.9 Å². The summed E-state index contributed by atoms with van der Waals surface area (Å²) in [6.45, 7) is 14.7. The normalized spacial score (nSPS) is 17.1. The predicted molar refractivity (Wildman–Crippen MR) is 175 cm³/mol. The zero-order chi connectivity index (χ0) is 29.7. The van der Waals surface area contributed by atoms with E-state index in [2.05, 4.69) is 86.4 Å².